The number of hydrogen-bond donors (Lipinski definition) is 1. The van der Waals surface area contributed by atoms with E-state index in [1.54, 1.807) is 11.3 Å². The van der Waals surface area contributed by atoms with Gasteiger partial charge in [0.25, 0.3) is 0 Å². The Kier molecular flexibility index (Phi) is 3.23. The minimum absolute atomic E-state index is 0.246. The monoisotopic (exact) mass is 184 g/mol. The van der Waals surface area contributed by atoms with Gasteiger partial charge in [-0.3, -0.25) is 0 Å². The van der Waals surface area contributed by atoms with E-state index >= 15 is 0 Å². The maximum Gasteiger partial charge on any atom is 0.0943 e. The summed E-state index contributed by atoms with van der Waals surface area (Å²) >= 11 is 1.70. The van der Waals surface area contributed by atoms with Gasteiger partial charge in [0, 0.05) is 23.5 Å². The molecule has 0 saturated heterocycles. The van der Waals surface area contributed by atoms with Crippen LogP contribution in [0, 0.1) is 12.8 Å². The maximum atomic E-state index is 5.92. The summed E-state index contributed by atoms with van der Waals surface area (Å²) in [6.07, 6.45) is 0.913. The Morgan fingerprint density at radius 2 is 2.25 bits per heavy atom. The summed E-state index contributed by atoms with van der Waals surface area (Å²) < 4.78 is 0. The summed E-state index contributed by atoms with van der Waals surface area (Å²) in [5.41, 5.74) is 7.03. The second kappa shape index (κ2) is 4.01. The SMILES string of the molecule is Cc1csc(CC(N)C(C)C)n1. The lowest BCUT2D eigenvalue weighted by molar-refractivity contribution is 0.489. The Bertz CT molecular complexity index is 242. The normalized spacial score (nSPS) is 13.8. The van der Waals surface area contributed by atoms with Gasteiger partial charge in [-0.2, -0.15) is 0 Å². The highest BCUT2D eigenvalue weighted by atomic mass is 32.1. The molecule has 3 heteroatoms. The number of aryl methyl sites for hydroxylation is 1. The molecular weight excluding hydrogens is 168 g/mol. The van der Waals surface area contributed by atoms with E-state index in [0.29, 0.717) is 5.92 Å². The molecule has 0 aliphatic heterocycles. The van der Waals surface area contributed by atoms with Crippen LogP contribution < -0.4 is 5.73 Å². The van der Waals surface area contributed by atoms with Gasteiger partial charge in [0.1, 0.15) is 0 Å². The zero-order valence-electron chi connectivity index (χ0n) is 7.87. The molecule has 0 bridgehead atoms. The molecule has 1 heterocycles. The Morgan fingerprint density at radius 3 is 2.67 bits per heavy atom. The first-order chi connectivity index (χ1) is 5.59. The van der Waals surface area contributed by atoms with Crippen LogP contribution in [0.4, 0.5) is 0 Å². The molecular formula is C9H16N2S. The predicted molar refractivity (Wildman–Crippen MR) is 53.4 cm³/mol. The summed E-state index contributed by atoms with van der Waals surface area (Å²) in [6.45, 7) is 6.30. The third kappa shape index (κ3) is 2.57. The fourth-order valence-electron chi connectivity index (χ4n) is 0.934. The summed E-state index contributed by atoms with van der Waals surface area (Å²) in [4.78, 5) is 4.37. The second-order valence-corrected chi connectivity index (χ2v) is 4.44. The van der Waals surface area contributed by atoms with E-state index in [4.69, 9.17) is 5.73 Å². The molecule has 0 radical (unpaired) electrons. The largest absolute Gasteiger partial charge is 0.327 e. The highest BCUT2D eigenvalue weighted by Crippen LogP contribution is 2.13. The minimum Gasteiger partial charge on any atom is -0.327 e. The van der Waals surface area contributed by atoms with Crippen LogP contribution >= 0.6 is 11.3 Å². The molecule has 0 saturated carbocycles. The first kappa shape index (κ1) is 9.68. The van der Waals surface area contributed by atoms with Crippen LogP contribution in [0.25, 0.3) is 0 Å². The Morgan fingerprint density at radius 1 is 1.58 bits per heavy atom. The second-order valence-electron chi connectivity index (χ2n) is 3.49. The van der Waals surface area contributed by atoms with Crippen LogP contribution in [0.15, 0.2) is 5.38 Å². The van der Waals surface area contributed by atoms with Crippen molar-refractivity contribution in [1.29, 1.82) is 0 Å². The van der Waals surface area contributed by atoms with Gasteiger partial charge < -0.3 is 5.73 Å². The first-order valence-corrected chi connectivity index (χ1v) is 5.14. The van der Waals surface area contributed by atoms with Gasteiger partial charge in [-0.25, -0.2) is 4.98 Å². The molecule has 1 aromatic rings. The van der Waals surface area contributed by atoms with Crippen molar-refractivity contribution in [2.24, 2.45) is 11.7 Å². The summed E-state index contributed by atoms with van der Waals surface area (Å²) in [5.74, 6) is 0.536. The van der Waals surface area contributed by atoms with Gasteiger partial charge in [-0.05, 0) is 12.8 Å². The molecule has 0 amide bonds. The molecule has 0 aliphatic rings. The Balaban J connectivity index is 2.52. The van der Waals surface area contributed by atoms with Crippen LogP contribution in [0.5, 0.6) is 0 Å². The van der Waals surface area contributed by atoms with Gasteiger partial charge in [0.05, 0.1) is 5.01 Å². The van der Waals surface area contributed by atoms with Crippen molar-refractivity contribution in [3.05, 3.63) is 16.1 Å². The van der Waals surface area contributed by atoms with E-state index in [1.807, 2.05) is 6.92 Å². The van der Waals surface area contributed by atoms with E-state index in [1.165, 1.54) is 0 Å². The minimum atomic E-state index is 0.246. The van der Waals surface area contributed by atoms with Crippen LogP contribution in [-0.4, -0.2) is 11.0 Å². The smallest absolute Gasteiger partial charge is 0.0943 e. The van der Waals surface area contributed by atoms with Gasteiger partial charge in [0.2, 0.25) is 0 Å². The number of nitrogens with zero attached hydrogens (tertiary/aromatic N) is 1. The molecule has 1 atom stereocenters. The molecule has 1 rings (SSSR count). The van der Waals surface area contributed by atoms with Crippen molar-refractivity contribution in [2.75, 3.05) is 0 Å². The van der Waals surface area contributed by atoms with Crippen molar-refractivity contribution in [2.45, 2.75) is 33.2 Å². The van der Waals surface area contributed by atoms with E-state index in [0.717, 1.165) is 17.1 Å². The number of aromatic nitrogens is 1. The summed E-state index contributed by atoms with van der Waals surface area (Å²) in [5, 5.41) is 3.23. The van der Waals surface area contributed by atoms with Gasteiger partial charge in [0.15, 0.2) is 0 Å². The molecule has 12 heavy (non-hydrogen) atoms. The molecule has 1 aromatic heterocycles. The molecule has 0 aromatic carbocycles. The number of thiazole rings is 1. The summed E-state index contributed by atoms with van der Waals surface area (Å²) in [6, 6.07) is 0.246. The van der Waals surface area contributed by atoms with Crippen molar-refractivity contribution >= 4 is 11.3 Å². The van der Waals surface area contributed by atoms with Crippen molar-refractivity contribution in [3.63, 3.8) is 0 Å². The molecule has 0 fully saturated rings. The lowest BCUT2D eigenvalue weighted by Crippen LogP contribution is -2.28. The van der Waals surface area contributed by atoms with E-state index in [9.17, 15) is 0 Å². The lowest BCUT2D eigenvalue weighted by Gasteiger charge is -2.12. The van der Waals surface area contributed by atoms with Crippen LogP contribution in [0.2, 0.25) is 0 Å². The Labute approximate surface area is 77.8 Å². The zero-order valence-corrected chi connectivity index (χ0v) is 8.69. The predicted octanol–water partition coefficient (Wildman–Crippen LogP) is 1.98. The third-order valence-electron chi connectivity index (χ3n) is 1.93. The molecule has 0 spiro atoms. The molecule has 1 unspecified atom stereocenters. The van der Waals surface area contributed by atoms with Crippen LogP contribution in [-0.2, 0) is 6.42 Å². The maximum absolute atomic E-state index is 5.92. The van der Waals surface area contributed by atoms with Crippen molar-refractivity contribution in [1.82, 2.24) is 4.98 Å². The van der Waals surface area contributed by atoms with E-state index in [-0.39, 0.29) is 6.04 Å². The fourth-order valence-corrected chi connectivity index (χ4v) is 1.78. The fraction of sp³-hybridized carbons (Fsp3) is 0.667. The molecule has 0 aliphatic carbocycles. The standard InChI is InChI=1S/C9H16N2S/c1-6(2)8(10)4-9-11-7(3)5-12-9/h5-6,8H,4,10H2,1-3H3. The van der Waals surface area contributed by atoms with E-state index < -0.39 is 0 Å². The quantitative estimate of drug-likeness (QED) is 0.780. The third-order valence-corrected chi connectivity index (χ3v) is 2.92. The van der Waals surface area contributed by atoms with Crippen molar-refractivity contribution in [3.8, 4) is 0 Å². The van der Waals surface area contributed by atoms with Crippen molar-refractivity contribution < 1.29 is 0 Å². The number of hydrogen-bond acceptors (Lipinski definition) is 3. The van der Waals surface area contributed by atoms with Gasteiger partial charge in [-0.1, -0.05) is 13.8 Å². The lowest BCUT2D eigenvalue weighted by atomic mass is 10.0. The highest BCUT2D eigenvalue weighted by molar-refractivity contribution is 7.09. The number of nitrogens with two attached hydrogens (primary N) is 1. The van der Waals surface area contributed by atoms with Gasteiger partial charge in [-0.15, -0.1) is 11.3 Å². The molecule has 2 N–H and O–H groups in total. The number of rotatable bonds is 3. The average Bonchev–Trinajstić information content (AvgIpc) is 2.35. The zero-order chi connectivity index (χ0) is 9.14. The average molecular weight is 184 g/mol. The summed E-state index contributed by atoms with van der Waals surface area (Å²) in [7, 11) is 0. The topological polar surface area (TPSA) is 38.9 Å². The van der Waals surface area contributed by atoms with E-state index in [2.05, 4.69) is 24.2 Å². The van der Waals surface area contributed by atoms with Crippen LogP contribution in [0.1, 0.15) is 24.5 Å². The van der Waals surface area contributed by atoms with Gasteiger partial charge >= 0.3 is 0 Å². The highest BCUT2D eigenvalue weighted by Gasteiger charge is 2.10. The Hall–Kier alpha value is -0.410. The molecule has 2 nitrogen and oxygen atoms in total. The first-order valence-electron chi connectivity index (χ1n) is 4.26. The van der Waals surface area contributed by atoms with Crippen LogP contribution in [0.3, 0.4) is 0 Å². The molecule has 68 valence electrons.